The van der Waals surface area contributed by atoms with E-state index in [1.165, 1.54) is 38.8 Å². The molecule has 2 fully saturated rings. The fraction of sp³-hybridized carbons (Fsp3) is 0.929. The summed E-state index contributed by atoms with van der Waals surface area (Å²) in [5, 5.41) is 3.41. The van der Waals surface area contributed by atoms with Gasteiger partial charge in [0.1, 0.15) is 5.60 Å². The maximum absolute atomic E-state index is 10.0. The van der Waals surface area contributed by atoms with Crippen molar-refractivity contribution in [3.05, 3.63) is 0 Å². The second kappa shape index (κ2) is 6.98. The summed E-state index contributed by atoms with van der Waals surface area (Å²) >= 11 is 0. The predicted octanol–water partition coefficient (Wildman–Crippen LogP) is 2.67. The van der Waals surface area contributed by atoms with Crippen molar-refractivity contribution in [3.8, 4) is 0 Å². The molecule has 3 N–H and O–H groups in total. The molecule has 0 aromatic carbocycles. The molecule has 1 amide bonds. The van der Waals surface area contributed by atoms with Crippen LogP contribution in [0.25, 0.3) is 0 Å². The van der Waals surface area contributed by atoms with Gasteiger partial charge in [0.05, 0.1) is 0 Å². The summed E-state index contributed by atoms with van der Waals surface area (Å²) in [6.07, 6.45) is 6.76. The number of primary amides is 1. The minimum atomic E-state index is -0.725. The Hall–Kier alpha value is -0.770. The number of carbonyl (C=O) groups is 1. The Kier molecular flexibility index (Phi) is 5.93. The Morgan fingerprint density at radius 1 is 1.17 bits per heavy atom. The largest absolute Gasteiger partial charge is 0.444 e. The van der Waals surface area contributed by atoms with Crippen molar-refractivity contribution in [2.45, 2.75) is 58.5 Å². The normalized spacial score (nSPS) is 20.8. The van der Waals surface area contributed by atoms with Crippen LogP contribution in [0.4, 0.5) is 4.79 Å². The summed E-state index contributed by atoms with van der Waals surface area (Å²) in [4.78, 5) is 10.0. The van der Waals surface area contributed by atoms with E-state index in [-0.39, 0.29) is 0 Å². The van der Waals surface area contributed by atoms with Gasteiger partial charge >= 0.3 is 6.09 Å². The number of hydrogen-bond acceptors (Lipinski definition) is 3. The van der Waals surface area contributed by atoms with Crippen LogP contribution in [0.1, 0.15) is 52.9 Å². The minimum Gasteiger partial charge on any atom is -0.444 e. The molecule has 0 aromatic heterocycles. The number of nitrogens with one attached hydrogen (secondary N) is 1. The molecule has 1 saturated heterocycles. The van der Waals surface area contributed by atoms with Gasteiger partial charge in [-0.3, -0.25) is 0 Å². The lowest BCUT2D eigenvalue weighted by Gasteiger charge is -2.22. The van der Waals surface area contributed by atoms with Crippen molar-refractivity contribution in [1.82, 2.24) is 5.32 Å². The molecule has 2 rings (SSSR count). The topological polar surface area (TPSA) is 64.3 Å². The molecule has 18 heavy (non-hydrogen) atoms. The smallest absolute Gasteiger partial charge is 0.405 e. The van der Waals surface area contributed by atoms with Crippen LogP contribution in [0.15, 0.2) is 0 Å². The first-order valence-corrected chi connectivity index (χ1v) is 7.06. The fourth-order valence-electron chi connectivity index (χ4n) is 2.24. The van der Waals surface area contributed by atoms with Crippen LogP contribution >= 0.6 is 0 Å². The third kappa shape index (κ3) is 8.34. The van der Waals surface area contributed by atoms with Crippen LogP contribution in [0.3, 0.4) is 0 Å². The van der Waals surface area contributed by atoms with E-state index >= 15 is 0 Å². The second-order valence-electron chi connectivity index (χ2n) is 6.41. The number of hydrogen-bond donors (Lipinski definition) is 2. The van der Waals surface area contributed by atoms with Crippen LogP contribution in [0, 0.1) is 11.8 Å². The van der Waals surface area contributed by atoms with E-state index in [9.17, 15) is 4.79 Å². The number of ether oxygens (including phenoxy) is 1. The first-order valence-electron chi connectivity index (χ1n) is 7.06. The zero-order valence-corrected chi connectivity index (χ0v) is 12.0. The van der Waals surface area contributed by atoms with E-state index < -0.39 is 11.7 Å². The molecule has 1 aliphatic carbocycles. The zero-order chi connectivity index (χ0) is 13.6. The van der Waals surface area contributed by atoms with Gasteiger partial charge < -0.3 is 15.8 Å². The third-order valence-electron chi connectivity index (χ3n) is 3.23. The van der Waals surface area contributed by atoms with Gasteiger partial charge in [0.15, 0.2) is 0 Å². The van der Waals surface area contributed by atoms with Crippen LogP contribution in [0.5, 0.6) is 0 Å². The average Bonchev–Trinajstić information content (AvgIpc) is 3.00. The van der Waals surface area contributed by atoms with E-state index in [1.807, 2.05) is 0 Å². The van der Waals surface area contributed by atoms with Gasteiger partial charge in [-0.25, -0.2) is 4.79 Å². The molecule has 0 atom stereocenters. The van der Waals surface area contributed by atoms with Gasteiger partial charge in [-0.15, -0.1) is 0 Å². The lowest BCUT2D eigenvalue weighted by molar-refractivity contribution is 0.0600. The summed E-state index contributed by atoms with van der Waals surface area (Å²) in [5.74, 6) is 2.22. The SMILES string of the molecule is C1CC(CC2CC2)CCN1.CC(C)(C)OC(N)=O. The van der Waals surface area contributed by atoms with Crippen molar-refractivity contribution in [2.75, 3.05) is 13.1 Å². The molecule has 0 radical (unpaired) electrons. The highest BCUT2D eigenvalue weighted by molar-refractivity contribution is 5.65. The zero-order valence-electron chi connectivity index (χ0n) is 12.0. The van der Waals surface area contributed by atoms with E-state index in [0.29, 0.717) is 0 Å². The fourth-order valence-corrected chi connectivity index (χ4v) is 2.24. The lowest BCUT2D eigenvalue weighted by Crippen LogP contribution is -2.27. The molecule has 1 aliphatic heterocycles. The highest BCUT2D eigenvalue weighted by Gasteiger charge is 2.25. The van der Waals surface area contributed by atoms with Gasteiger partial charge in [0.2, 0.25) is 0 Å². The summed E-state index contributed by atoms with van der Waals surface area (Å²) in [6.45, 7) is 7.84. The van der Waals surface area contributed by atoms with E-state index in [0.717, 1.165) is 11.8 Å². The van der Waals surface area contributed by atoms with Crippen molar-refractivity contribution in [2.24, 2.45) is 17.6 Å². The van der Waals surface area contributed by atoms with Crippen molar-refractivity contribution in [3.63, 3.8) is 0 Å². The highest BCUT2D eigenvalue weighted by Crippen LogP contribution is 2.37. The van der Waals surface area contributed by atoms with E-state index in [2.05, 4.69) is 10.1 Å². The van der Waals surface area contributed by atoms with Crippen LogP contribution < -0.4 is 11.1 Å². The Bertz CT molecular complexity index is 251. The summed E-state index contributed by atoms with van der Waals surface area (Å²) < 4.78 is 4.58. The van der Waals surface area contributed by atoms with Gasteiger partial charge in [-0.05, 0) is 65.0 Å². The van der Waals surface area contributed by atoms with Crippen molar-refractivity contribution >= 4 is 6.09 Å². The molecule has 1 heterocycles. The van der Waals surface area contributed by atoms with Crippen LogP contribution in [-0.2, 0) is 4.74 Å². The highest BCUT2D eigenvalue weighted by atomic mass is 16.6. The average molecular weight is 256 g/mol. The molecule has 1 saturated carbocycles. The first-order chi connectivity index (χ1) is 8.37. The first kappa shape index (κ1) is 15.3. The third-order valence-corrected chi connectivity index (χ3v) is 3.23. The van der Waals surface area contributed by atoms with Crippen LogP contribution in [0.2, 0.25) is 0 Å². The van der Waals surface area contributed by atoms with Crippen LogP contribution in [-0.4, -0.2) is 24.8 Å². The van der Waals surface area contributed by atoms with Gasteiger partial charge in [-0.2, -0.15) is 0 Å². The number of nitrogens with two attached hydrogens (primary N) is 1. The van der Waals surface area contributed by atoms with Gasteiger partial charge in [0, 0.05) is 0 Å². The number of amides is 1. The molecule has 4 heteroatoms. The minimum absolute atomic E-state index is 0.453. The number of carbonyl (C=O) groups excluding carboxylic acids is 1. The second-order valence-corrected chi connectivity index (χ2v) is 6.41. The van der Waals surface area contributed by atoms with Crippen molar-refractivity contribution in [1.29, 1.82) is 0 Å². The lowest BCUT2D eigenvalue weighted by atomic mass is 9.93. The molecule has 0 bridgehead atoms. The summed E-state index contributed by atoms with van der Waals surface area (Å²) in [7, 11) is 0. The van der Waals surface area contributed by atoms with E-state index in [4.69, 9.17) is 5.73 Å². The monoisotopic (exact) mass is 256 g/mol. The standard InChI is InChI=1S/C9H17N.C5H11NO2/c1-2-8(1)7-9-3-5-10-6-4-9;1-5(2,3)8-4(6)7/h8-10H,1-7H2;1-3H3,(H2,6,7). The Labute approximate surface area is 111 Å². The maximum atomic E-state index is 10.0. The summed E-state index contributed by atoms with van der Waals surface area (Å²) in [6, 6.07) is 0. The predicted molar refractivity (Wildman–Crippen MR) is 73.4 cm³/mol. The molecule has 4 nitrogen and oxygen atoms in total. The maximum Gasteiger partial charge on any atom is 0.405 e. The van der Waals surface area contributed by atoms with Gasteiger partial charge in [-0.1, -0.05) is 12.8 Å². The number of piperidine rings is 1. The molecular formula is C14H28N2O2. The molecule has 2 aliphatic rings. The van der Waals surface area contributed by atoms with Crippen molar-refractivity contribution < 1.29 is 9.53 Å². The quantitative estimate of drug-likeness (QED) is 0.798. The van der Waals surface area contributed by atoms with E-state index in [1.54, 1.807) is 27.2 Å². The summed E-state index contributed by atoms with van der Waals surface area (Å²) in [5.41, 5.74) is 4.26. The van der Waals surface area contributed by atoms with Gasteiger partial charge in [0.25, 0.3) is 0 Å². The molecule has 106 valence electrons. The molecular weight excluding hydrogens is 228 g/mol. The molecule has 0 spiro atoms. The number of rotatable bonds is 2. The Balaban J connectivity index is 0.000000187. The molecule has 0 aromatic rings. The molecule has 0 unspecified atom stereocenters. The Morgan fingerprint density at radius 3 is 2.00 bits per heavy atom. The Morgan fingerprint density at radius 2 is 1.67 bits per heavy atom.